The molecule has 0 fully saturated rings. The van der Waals surface area contributed by atoms with Gasteiger partial charge in [-0.15, -0.1) is 12.3 Å². The normalized spacial score (nSPS) is 8.92. The van der Waals surface area contributed by atoms with Crippen molar-refractivity contribution in [1.82, 2.24) is 15.2 Å². The molecule has 0 aliphatic heterocycles. The zero-order valence-electron chi connectivity index (χ0n) is 6.37. The lowest BCUT2D eigenvalue weighted by Gasteiger charge is -1.96. The molecule has 0 unspecified atom stereocenters. The first-order valence-corrected chi connectivity index (χ1v) is 3.41. The number of amides is 1. The van der Waals surface area contributed by atoms with Crippen LogP contribution in [-0.2, 0) is 4.79 Å². The molecule has 62 valence electrons. The SMILES string of the molecule is C#CCCC(=O)Nc1ncn[nH]1. The van der Waals surface area contributed by atoms with E-state index in [2.05, 4.69) is 26.4 Å². The number of carbonyl (C=O) groups excluding carboxylic acids is 1. The van der Waals surface area contributed by atoms with Gasteiger partial charge in [-0.2, -0.15) is 10.1 Å². The van der Waals surface area contributed by atoms with E-state index in [1.807, 2.05) is 0 Å². The summed E-state index contributed by atoms with van der Waals surface area (Å²) in [5, 5.41) is 8.56. The highest BCUT2D eigenvalue weighted by Crippen LogP contribution is 1.95. The summed E-state index contributed by atoms with van der Waals surface area (Å²) in [6.07, 6.45) is 7.03. The van der Waals surface area contributed by atoms with E-state index in [1.54, 1.807) is 0 Å². The van der Waals surface area contributed by atoms with Gasteiger partial charge in [-0.05, 0) is 0 Å². The second-order valence-electron chi connectivity index (χ2n) is 2.09. The summed E-state index contributed by atoms with van der Waals surface area (Å²) in [6.45, 7) is 0. The van der Waals surface area contributed by atoms with Gasteiger partial charge in [0.05, 0.1) is 0 Å². The highest BCUT2D eigenvalue weighted by Gasteiger charge is 2.01. The maximum absolute atomic E-state index is 11.0. The maximum atomic E-state index is 11.0. The summed E-state index contributed by atoms with van der Waals surface area (Å²) >= 11 is 0. The second kappa shape index (κ2) is 4.13. The number of nitrogens with zero attached hydrogens (tertiary/aromatic N) is 2. The van der Waals surface area contributed by atoms with Crippen LogP contribution in [-0.4, -0.2) is 21.1 Å². The number of aromatic amines is 1. The van der Waals surface area contributed by atoms with Crippen LogP contribution in [0.3, 0.4) is 0 Å². The number of anilines is 1. The molecule has 0 aromatic carbocycles. The molecule has 0 radical (unpaired) electrons. The first-order chi connectivity index (χ1) is 5.83. The first kappa shape index (κ1) is 8.27. The fraction of sp³-hybridized carbons (Fsp3) is 0.286. The highest BCUT2D eigenvalue weighted by molar-refractivity contribution is 5.88. The molecule has 12 heavy (non-hydrogen) atoms. The molecule has 0 spiro atoms. The van der Waals surface area contributed by atoms with E-state index in [0.29, 0.717) is 18.8 Å². The van der Waals surface area contributed by atoms with Gasteiger partial charge >= 0.3 is 0 Å². The Bertz CT molecular complexity index is 285. The van der Waals surface area contributed by atoms with E-state index in [-0.39, 0.29) is 5.91 Å². The molecule has 1 aromatic heterocycles. The lowest BCUT2D eigenvalue weighted by atomic mass is 10.3. The number of rotatable bonds is 3. The first-order valence-electron chi connectivity index (χ1n) is 3.41. The molecule has 0 saturated heterocycles. The lowest BCUT2D eigenvalue weighted by molar-refractivity contribution is -0.116. The molecule has 0 saturated carbocycles. The Kier molecular flexibility index (Phi) is 2.85. The number of H-pyrrole nitrogens is 1. The molecule has 1 aromatic rings. The predicted octanol–water partition coefficient (Wildman–Crippen LogP) is 0.157. The Morgan fingerprint density at radius 1 is 1.83 bits per heavy atom. The van der Waals surface area contributed by atoms with E-state index in [9.17, 15) is 4.79 Å². The lowest BCUT2D eigenvalue weighted by Crippen LogP contribution is -2.11. The number of nitrogens with one attached hydrogen (secondary N) is 2. The van der Waals surface area contributed by atoms with Gasteiger partial charge in [0.2, 0.25) is 11.9 Å². The van der Waals surface area contributed by atoms with Crippen molar-refractivity contribution >= 4 is 11.9 Å². The van der Waals surface area contributed by atoms with Crippen molar-refractivity contribution in [2.45, 2.75) is 12.8 Å². The summed E-state index contributed by atoms with van der Waals surface area (Å²) in [6, 6.07) is 0. The smallest absolute Gasteiger partial charge is 0.227 e. The molecule has 5 heteroatoms. The van der Waals surface area contributed by atoms with Crippen LogP contribution in [0.4, 0.5) is 5.95 Å². The van der Waals surface area contributed by atoms with Crippen molar-refractivity contribution in [2.24, 2.45) is 0 Å². The molecule has 0 aliphatic rings. The van der Waals surface area contributed by atoms with Crippen LogP contribution in [0.15, 0.2) is 6.33 Å². The van der Waals surface area contributed by atoms with Crippen molar-refractivity contribution < 1.29 is 4.79 Å². The van der Waals surface area contributed by atoms with Crippen LogP contribution in [0.25, 0.3) is 0 Å². The third kappa shape index (κ3) is 2.42. The quantitative estimate of drug-likeness (QED) is 0.625. The summed E-state index contributed by atoms with van der Waals surface area (Å²) < 4.78 is 0. The fourth-order valence-electron chi connectivity index (χ4n) is 0.646. The molecule has 0 aliphatic carbocycles. The van der Waals surface area contributed by atoms with E-state index in [1.165, 1.54) is 6.33 Å². The van der Waals surface area contributed by atoms with Crippen LogP contribution < -0.4 is 5.32 Å². The Labute approximate surface area is 69.6 Å². The summed E-state index contributed by atoms with van der Waals surface area (Å²) in [4.78, 5) is 14.7. The topological polar surface area (TPSA) is 70.7 Å². The zero-order valence-corrected chi connectivity index (χ0v) is 6.37. The highest BCUT2D eigenvalue weighted by atomic mass is 16.1. The summed E-state index contributed by atoms with van der Waals surface area (Å²) in [5.41, 5.74) is 0. The van der Waals surface area contributed by atoms with Crippen molar-refractivity contribution in [2.75, 3.05) is 5.32 Å². The van der Waals surface area contributed by atoms with Crippen LogP contribution in [0.5, 0.6) is 0 Å². The van der Waals surface area contributed by atoms with Crippen LogP contribution in [0, 0.1) is 12.3 Å². The van der Waals surface area contributed by atoms with Gasteiger partial charge in [0.25, 0.3) is 0 Å². The number of aromatic nitrogens is 3. The van der Waals surface area contributed by atoms with Gasteiger partial charge in [0, 0.05) is 12.8 Å². The maximum Gasteiger partial charge on any atom is 0.227 e. The van der Waals surface area contributed by atoms with E-state index in [4.69, 9.17) is 6.42 Å². The van der Waals surface area contributed by atoms with Crippen molar-refractivity contribution in [3.05, 3.63) is 6.33 Å². The summed E-state index contributed by atoms with van der Waals surface area (Å²) in [5.74, 6) is 2.55. The van der Waals surface area contributed by atoms with Crippen LogP contribution in [0.2, 0.25) is 0 Å². The third-order valence-corrected chi connectivity index (χ3v) is 1.17. The van der Waals surface area contributed by atoms with Gasteiger partial charge in [0.15, 0.2) is 0 Å². The Morgan fingerprint density at radius 3 is 3.25 bits per heavy atom. The van der Waals surface area contributed by atoms with Gasteiger partial charge in [-0.1, -0.05) is 0 Å². The van der Waals surface area contributed by atoms with Crippen molar-refractivity contribution in [1.29, 1.82) is 0 Å². The Balaban J connectivity index is 2.33. The standard InChI is InChI=1S/C7H8N4O/c1-2-3-4-6(12)10-7-8-5-9-11-7/h1,5H,3-4H2,(H2,8,9,10,11,12). The Hall–Kier alpha value is -1.83. The number of carbonyl (C=O) groups is 1. The molecule has 1 heterocycles. The molecule has 2 N–H and O–H groups in total. The van der Waals surface area contributed by atoms with E-state index in [0.717, 1.165) is 0 Å². The van der Waals surface area contributed by atoms with Crippen molar-refractivity contribution in [3.63, 3.8) is 0 Å². The minimum Gasteiger partial charge on any atom is -0.295 e. The average Bonchev–Trinajstić information content (AvgIpc) is 2.53. The Morgan fingerprint density at radius 2 is 2.67 bits per heavy atom. The predicted molar refractivity (Wildman–Crippen MR) is 43.1 cm³/mol. The molecule has 1 amide bonds. The zero-order chi connectivity index (χ0) is 8.81. The van der Waals surface area contributed by atoms with Crippen LogP contribution in [0.1, 0.15) is 12.8 Å². The fourth-order valence-corrected chi connectivity index (χ4v) is 0.646. The van der Waals surface area contributed by atoms with Gasteiger partial charge in [0.1, 0.15) is 6.33 Å². The van der Waals surface area contributed by atoms with Gasteiger partial charge in [-0.25, -0.2) is 5.10 Å². The second-order valence-corrected chi connectivity index (χ2v) is 2.09. The number of terminal acetylenes is 1. The number of hydrogen-bond donors (Lipinski definition) is 2. The number of hydrogen-bond acceptors (Lipinski definition) is 3. The van der Waals surface area contributed by atoms with E-state index < -0.39 is 0 Å². The van der Waals surface area contributed by atoms with Crippen molar-refractivity contribution in [3.8, 4) is 12.3 Å². The average molecular weight is 164 g/mol. The van der Waals surface area contributed by atoms with Gasteiger partial charge in [-0.3, -0.25) is 10.1 Å². The largest absolute Gasteiger partial charge is 0.295 e. The molecular weight excluding hydrogens is 156 g/mol. The molecule has 5 nitrogen and oxygen atoms in total. The minimum absolute atomic E-state index is 0.162. The van der Waals surface area contributed by atoms with Crippen LogP contribution >= 0.6 is 0 Å². The molecule has 0 atom stereocenters. The molecule has 1 rings (SSSR count). The molecule has 0 bridgehead atoms. The third-order valence-electron chi connectivity index (χ3n) is 1.17. The minimum atomic E-state index is -0.162. The monoisotopic (exact) mass is 164 g/mol. The van der Waals surface area contributed by atoms with E-state index >= 15 is 0 Å². The summed E-state index contributed by atoms with van der Waals surface area (Å²) in [7, 11) is 0. The van der Waals surface area contributed by atoms with Gasteiger partial charge < -0.3 is 0 Å². The molecular formula is C7H8N4O.